The second-order valence-corrected chi connectivity index (χ2v) is 12.2. The van der Waals surface area contributed by atoms with Gasteiger partial charge in [-0.3, -0.25) is 9.59 Å². The molecule has 214 valence electrons. The van der Waals surface area contributed by atoms with Crippen molar-refractivity contribution in [2.45, 2.75) is 106 Å². The predicted molar refractivity (Wildman–Crippen MR) is 158 cm³/mol. The van der Waals surface area contributed by atoms with Gasteiger partial charge in [0.15, 0.2) is 0 Å². The standard InChI is InChI=1S/C32H47N3O4/c1-19(2)17-26(33-31(38)39-32(9,10)11)30(37)35(20(3)4)28(25-16-15-21(5)24(8)18-25)29(36)34-27-22(6)13-12-14-23(27)7/h12-16,18-20,26,28H,17H2,1-11H3,(H,33,38)(H,34,36). The maximum absolute atomic E-state index is 14.3. The van der Waals surface area contributed by atoms with Crippen molar-refractivity contribution in [1.29, 1.82) is 0 Å². The summed E-state index contributed by atoms with van der Waals surface area (Å²) in [5.41, 5.74) is 4.74. The molecule has 0 fully saturated rings. The average molecular weight is 538 g/mol. The van der Waals surface area contributed by atoms with Gasteiger partial charge in [-0.15, -0.1) is 0 Å². The van der Waals surface area contributed by atoms with Crippen LogP contribution in [-0.2, 0) is 14.3 Å². The lowest BCUT2D eigenvalue weighted by molar-refractivity contribution is -0.143. The predicted octanol–water partition coefficient (Wildman–Crippen LogP) is 6.78. The van der Waals surface area contributed by atoms with Crippen molar-refractivity contribution in [3.05, 3.63) is 64.2 Å². The van der Waals surface area contributed by atoms with E-state index in [1.165, 1.54) is 0 Å². The highest BCUT2D eigenvalue weighted by atomic mass is 16.6. The van der Waals surface area contributed by atoms with Gasteiger partial charge in [-0.2, -0.15) is 0 Å². The Morgan fingerprint density at radius 2 is 1.46 bits per heavy atom. The first-order valence-electron chi connectivity index (χ1n) is 13.8. The van der Waals surface area contributed by atoms with Gasteiger partial charge < -0.3 is 20.3 Å². The van der Waals surface area contributed by atoms with Crippen molar-refractivity contribution in [2.75, 3.05) is 5.32 Å². The zero-order chi connectivity index (χ0) is 29.7. The molecule has 0 aliphatic carbocycles. The lowest BCUT2D eigenvalue weighted by Crippen LogP contribution is -2.54. The fourth-order valence-electron chi connectivity index (χ4n) is 4.58. The van der Waals surface area contributed by atoms with Crippen LogP contribution in [0.2, 0.25) is 0 Å². The molecule has 0 saturated carbocycles. The summed E-state index contributed by atoms with van der Waals surface area (Å²) in [6.45, 7) is 21.0. The first-order chi connectivity index (χ1) is 18.0. The summed E-state index contributed by atoms with van der Waals surface area (Å²) in [6.07, 6.45) is -0.257. The summed E-state index contributed by atoms with van der Waals surface area (Å²) in [6, 6.07) is 9.58. The van der Waals surface area contributed by atoms with Gasteiger partial charge in [-0.25, -0.2) is 4.79 Å². The van der Waals surface area contributed by atoms with Crippen LogP contribution in [0, 0.1) is 33.6 Å². The Morgan fingerprint density at radius 1 is 0.872 bits per heavy atom. The van der Waals surface area contributed by atoms with E-state index in [1.807, 2.05) is 91.8 Å². The van der Waals surface area contributed by atoms with E-state index < -0.39 is 23.8 Å². The third-order valence-corrected chi connectivity index (χ3v) is 6.61. The number of hydrogen-bond acceptors (Lipinski definition) is 4. The van der Waals surface area contributed by atoms with Gasteiger partial charge >= 0.3 is 6.09 Å². The topological polar surface area (TPSA) is 87.7 Å². The minimum atomic E-state index is -0.911. The van der Waals surface area contributed by atoms with Gasteiger partial charge in [0.1, 0.15) is 17.7 Å². The number of rotatable bonds is 9. The van der Waals surface area contributed by atoms with Crippen LogP contribution in [0.15, 0.2) is 36.4 Å². The molecule has 0 bridgehead atoms. The lowest BCUT2D eigenvalue weighted by atomic mass is 9.95. The SMILES string of the molecule is Cc1ccc(C(C(=O)Nc2c(C)cccc2C)N(C(=O)C(CC(C)C)NC(=O)OC(C)(C)C)C(C)C)cc1C. The smallest absolute Gasteiger partial charge is 0.408 e. The Bertz CT molecular complexity index is 1160. The third-order valence-electron chi connectivity index (χ3n) is 6.61. The number of nitrogens with one attached hydrogen (secondary N) is 2. The summed E-state index contributed by atoms with van der Waals surface area (Å²) >= 11 is 0. The number of hydrogen-bond donors (Lipinski definition) is 2. The number of carbonyl (C=O) groups is 3. The molecule has 3 amide bonds. The number of aryl methyl sites for hydroxylation is 4. The Kier molecular flexibility index (Phi) is 10.7. The van der Waals surface area contributed by atoms with E-state index >= 15 is 0 Å². The van der Waals surface area contributed by atoms with Crippen molar-refractivity contribution in [2.24, 2.45) is 5.92 Å². The molecule has 0 aliphatic heterocycles. The maximum atomic E-state index is 14.3. The van der Waals surface area contributed by atoms with Crippen LogP contribution >= 0.6 is 0 Å². The van der Waals surface area contributed by atoms with Gasteiger partial charge in [-0.05, 0) is 102 Å². The van der Waals surface area contributed by atoms with Gasteiger partial charge in [-0.1, -0.05) is 50.2 Å². The summed E-state index contributed by atoms with van der Waals surface area (Å²) in [5, 5.41) is 5.90. The largest absolute Gasteiger partial charge is 0.444 e. The molecule has 0 saturated heterocycles. The minimum Gasteiger partial charge on any atom is -0.444 e. The van der Waals surface area contributed by atoms with Crippen LogP contribution in [0.25, 0.3) is 0 Å². The van der Waals surface area contributed by atoms with E-state index in [2.05, 4.69) is 10.6 Å². The molecular formula is C32H47N3O4. The third kappa shape index (κ3) is 8.84. The van der Waals surface area contributed by atoms with Crippen LogP contribution < -0.4 is 10.6 Å². The lowest BCUT2D eigenvalue weighted by Gasteiger charge is -2.38. The van der Waals surface area contributed by atoms with E-state index in [-0.39, 0.29) is 23.8 Å². The molecule has 7 heteroatoms. The average Bonchev–Trinajstić information content (AvgIpc) is 2.79. The van der Waals surface area contributed by atoms with Crippen molar-refractivity contribution < 1.29 is 19.1 Å². The van der Waals surface area contributed by atoms with Crippen LogP contribution in [-0.4, -0.2) is 40.5 Å². The van der Waals surface area contributed by atoms with E-state index in [0.29, 0.717) is 12.0 Å². The van der Waals surface area contributed by atoms with Gasteiger partial charge in [0.05, 0.1) is 0 Å². The monoisotopic (exact) mass is 537 g/mol. The van der Waals surface area contributed by atoms with Crippen LogP contribution in [0.3, 0.4) is 0 Å². The quantitative estimate of drug-likeness (QED) is 0.369. The van der Waals surface area contributed by atoms with E-state index in [1.54, 1.807) is 25.7 Å². The highest BCUT2D eigenvalue weighted by molar-refractivity contribution is 6.00. The molecule has 2 rings (SSSR count). The number of benzene rings is 2. The maximum Gasteiger partial charge on any atom is 0.408 e. The molecule has 39 heavy (non-hydrogen) atoms. The number of carbonyl (C=O) groups excluding carboxylic acids is 3. The molecule has 0 heterocycles. The summed E-state index contributed by atoms with van der Waals surface area (Å²) < 4.78 is 5.47. The fraction of sp³-hybridized carbons (Fsp3) is 0.531. The number of amides is 3. The number of para-hydroxylation sites is 1. The number of ether oxygens (including phenoxy) is 1. The van der Waals surface area contributed by atoms with Crippen molar-refractivity contribution in [3.63, 3.8) is 0 Å². The molecule has 0 aliphatic rings. The molecule has 0 radical (unpaired) electrons. The fourth-order valence-corrected chi connectivity index (χ4v) is 4.58. The van der Waals surface area contributed by atoms with E-state index in [0.717, 1.165) is 27.9 Å². The molecule has 7 nitrogen and oxygen atoms in total. The van der Waals surface area contributed by atoms with Crippen molar-refractivity contribution >= 4 is 23.6 Å². The first kappa shape index (κ1) is 31.9. The van der Waals surface area contributed by atoms with Gasteiger partial charge in [0, 0.05) is 11.7 Å². The Hall–Kier alpha value is -3.35. The van der Waals surface area contributed by atoms with E-state index in [9.17, 15) is 14.4 Å². The van der Waals surface area contributed by atoms with Crippen LogP contribution in [0.4, 0.5) is 10.5 Å². The molecular weight excluding hydrogens is 490 g/mol. The zero-order valence-corrected chi connectivity index (χ0v) is 25.6. The highest BCUT2D eigenvalue weighted by Crippen LogP contribution is 2.30. The summed E-state index contributed by atoms with van der Waals surface area (Å²) in [7, 11) is 0. The first-order valence-corrected chi connectivity index (χ1v) is 13.8. The zero-order valence-electron chi connectivity index (χ0n) is 25.6. The van der Waals surface area contributed by atoms with Gasteiger partial charge in [0.25, 0.3) is 5.91 Å². The molecule has 2 atom stereocenters. The van der Waals surface area contributed by atoms with Crippen LogP contribution in [0.5, 0.6) is 0 Å². The summed E-state index contributed by atoms with van der Waals surface area (Å²) in [4.78, 5) is 42.7. The second-order valence-electron chi connectivity index (χ2n) is 12.2. The highest BCUT2D eigenvalue weighted by Gasteiger charge is 2.38. The number of alkyl carbamates (subject to hydrolysis) is 1. The Balaban J connectivity index is 2.60. The molecule has 2 aromatic carbocycles. The Morgan fingerprint density at radius 3 is 1.95 bits per heavy atom. The van der Waals surface area contributed by atoms with Gasteiger partial charge in [0.2, 0.25) is 5.91 Å². The Labute approximate surface area is 234 Å². The molecule has 0 aromatic heterocycles. The second kappa shape index (κ2) is 13.1. The molecule has 2 unspecified atom stereocenters. The number of anilines is 1. The van der Waals surface area contributed by atoms with E-state index in [4.69, 9.17) is 4.74 Å². The molecule has 2 N–H and O–H groups in total. The van der Waals surface area contributed by atoms with Crippen molar-refractivity contribution in [3.8, 4) is 0 Å². The van der Waals surface area contributed by atoms with Crippen LogP contribution in [0.1, 0.15) is 88.7 Å². The summed E-state index contributed by atoms with van der Waals surface area (Å²) in [5.74, 6) is -0.519. The normalized spacial score (nSPS) is 13.2. The molecule has 2 aromatic rings. The number of nitrogens with zero attached hydrogens (tertiary/aromatic N) is 1. The molecule has 0 spiro atoms. The van der Waals surface area contributed by atoms with Crippen molar-refractivity contribution in [1.82, 2.24) is 10.2 Å². The minimum absolute atomic E-state index is 0.117.